The van der Waals surface area contributed by atoms with Crippen LogP contribution in [-0.2, 0) is 23.5 Å². The molecular weight excluding hydrogens is 242 g/mol. The van der Waals surface area contributed by atoms with E-state index in [2.05, 4.69) is 20.0 Å². The van der Waals surface area contributed by atoms with E-state index >= 15 is 0 Å². The van der Waals surface area contributed by atoms with Crippen molar-refractivity contribution >= 4 is 15.8 Å². The van der Waals surface area contributed by atoms with E-state index in [-0.39, 0.29) is 10.8 Å². The Balaban J connectivity index is 2.26. The van der Waals surface area contributed by atoms with Gasteiger partial charge in [0.25, 0.3) is 10.0 Å². The van der Waals surface area contributed by atoms with Crippen molar-refractivity contribution in [3.05, 3.63) is 24.0 Å². The summed E-state index contributed by atoms with van der Waals surface area (Å²) in [6, 6.07) is 3.09. The van der Waals surface area contributed by atoms with Gasteiger partial charge in [0.2, 0.25) is 0 Å². The van der Waals surface area contributed by atoms with Crippen molar-refractivity contribution in [3.63, 3.8) is 0 Å². The van der Waals surface area contributed by atoms with E-state index in [9.17, 15) is 8.42 Å². The Kier molecular flexibility index (Phi) is 2.88. The second-order valence-corrected chi connectivity index (χ2v) is 5.16. The number of sulfonamides is 1. The first-order chi connectivity index (χ1) is 8.03. The van der Waals surface area contributed by atoms with Crippen molar-refractivity contribution in [2.24, 2.45) is 7.05 Å². The smallest absolute Gasteiger partial charge is 0.280 e. The lowest BCUT2D eigenvalue weighted by Gasteiger charge is -2.04. The third-order valence-electron chi connectivity index (χ3n) is 2.30. The predicted octanol–water partition coefficient (Wildman–Crippen LogP) is 0.506. The zero-order valence-corrected chi connectivity index (χ0v) is 10.3. The minimum absolute atomic E-state index is 0.0959. The average Bonchev–Trinajstić information content (AvgIpc) is 2.86. The minimum atomic E-state index is -3.63. The molecule has 2 rings (SSSR count). The summed E-state index contributed by atoms with van der Waals surface area (Å²) in [6.45, 7) is 1.95. The van der Waals surface area contributed by atoms with Gasteiger partial charge in [-0.1, -0.05) is 6.92 Å². The number of nitrogens with zero attached hydrogens (tertiary/aromatic N) is 3. The lowest BCUT2D eigenvalue weighted by Crippen LogP contribution is -2.16. The van der Waals surface area contributed by atoms with Crippen LogP contribution in [-0.4, -0.2) is 28.4 Å². The Bertz CT molecular complexity index is 613. The average molecular weight is 255 g/mol. The minimum Gasteiger partial charge on any atom is -0.280 e. The van der Waals surface area contributed by atoms with Crippen LogP contribution in [0, 0.1) is 0 Å². The van der Waals surface area contributed by atoms with Gasteiger partial charge < -0.3 is 0 Å². The Labute approximate surface area is 98.9 Å². The van der Waals surface area contributed by atoms with Gasteiger partial charge in [-0.05, 0) is 12.5 Å². The van der Waals surface area contributed by atoms with Gasteiger partial charge in [0, 0.05) is 18.8 Å². The Morgan fingerprint density at radius 1 is 1.53 bits per heavy atom. The first-order valence-electron chi connectivity index (χ1n) is 5.08. The van der Waals surface area contributed by atoms with E-state index in [1.807, 2.05) is 6.92 Å². The molecule has 0 unspecified atom stereocenters. The Hall–Kier alpha value is -1.83. The fraction of sp³-hybridized carbons (Fsp3) is 0.333. The largest absolute Gasteiger partial charge is 0.280 e. The first kappa shape index (κ1) is 11.6. The fourth-order valence-corrected chi connectivity index (χ4v) is 2.53. The molecule has 0 aliphatic heterocycles. The van der Waals surface area contributed by atoms with Crippen molar-refractivity contribution in [3.8, 4) is 0 Å². The van der Waals surface area contributed by atoms with Gasteiger partial charge >= 0.3 is 0 Å². The molecule has 17 heavy (non-hydrogen) atoms. The van der Waals surface area contributed by atoms with Gasteiger partial charge in [-0.25, -0.2) is 0 Å². The fourth-order valence-electron chi connectivity index (χ4n) is 1.41. The maximum atomic E-state index is 12.0. The van der Waals surface area contributed by atoms with Gasteiger partial charge in [0.05, 0.1) is 6.20 Å². The highest BCUT2D eigenvalue weighted by molar-refractivity contribution is 7.92. The summed E-state index contributed by atoms with van der Waals surface area (Å²) >= 11 is 0. The second kappa shape index (κ2) is 4.21. The molecule has 0 atom stereocenters. The molecule has 2 aromatic heterocycles. The molecule has 0 aliphatic carbocycles. The van der Waals surface area contributed by atoms with Gasteiger partial charge in [-0.2, -0.15) is 18.6 Å². The number of aryl methyl sites for hydroxylation is 2. The van der Waals surface area contributed by atoms with Crippen LogP contribution >= 0.6 is 0 Å². The molecular formula is C9H13N5O2S. The maximum absolute atomic E-state index is 12.0. The second-order valence-electron chi connectivity index (χ2n) is 3.53. The number of rotatable bonds is 4. The van der Waals surface area contributed by atoms with Crippen LogP contribution in [0.3, 0.4) is 0 Å². The normalized spacial score (nSPS) is 11.6. The van der Waals surface area contributed by atoms with Crippen LogP contribution in [0.25, 0.3) is 0 Å². The highest BCUT2D eigenvalue weighted by Crippen LogP contribution is 2.13. The van der Waals surface area contributed by atoms with Gasteiger partial charge in [0.1, 0.15) is 0 Å². The quantitative estimate of drug-likeness (QED) is 0.832. The molecule has 0 radical (unpaired) electrons. The lowest BCUT2D eigenvalue weighted by molar-refractivity contribution is 0.582. The third-order valence-corrected chi connectivity index (χ3v) is 3.73. The van der Waals surface area contributed by atoms with Crippen molar-refractivity contribution in [2.75, 3.05) is 4.72 Å². The molecule has 0 aromatic carbocycles. The molecule has 2 heterocycles. The molecule has 0 saturated carbocycles. The van der Waals surface area contributed by atoms with E-state index in [1.165, 1.54) is 16.9 Å². The molecule has 2 N–H and O–H groups in total. The first-order valence-corrected chi connectivity index (χ1v) is 6.56. The summed E-state index contributed by atoms with van der Waals surface area (Å²) in [5.74, 6) is 0.281. The van der Waals surface area contributed by atoms with Crippen LogP contribution in [0.4, 0.5) is 5.82 Å². The SMILES string of the molecule is CCc1cc(NS(=O)(=O)c2ccnn2C)n[nH]1. The number of hydrogen-bond donors (Lipinski definition) is 2. The highest BCUT2D eigenvalue weighted by Gasteiger charge is 2.19. The monoisotopic (exact) mass is 255 g/mol. The zero-order valence-electron chi connectivity index (χ0n) is 9.51. The highest BCUT2D eigenvalue weighted by atomic mass is 32.2. The third kappa shape index (κ3) is 2.31. The molecule has 0 saturated heterocycles. The zero-order chi connectivity index (χ0) is 12.5. The number of nitrogens with one attached hydrogen (secondary N) is 2. The molecule has 8 heteroatoms. The molecule has 7 nitrogen and oxygen atoms in total. The van der Waals surface area contributed by atoms with Crippen LogP contribution in [0.15, 0.2) is 23.4 Å². The summed E-state index contributed by atoms with van der Waals surface area (Å²) in [5, 5.41) is 10.5. The topological polar surface area (TPSA) is 92.7 Å². The van der Waals surface area contributed by atoms with E-state index in [4.69, 9.17) is 0 Å². The van der Waals surface area contributed by atoms with Gasteiger partial charge in [0.15, 0.2) is 10.8 Å². The van der Waals surface area contributed by atoms with E-state index in [0.717, 1.165) is 12.1 Å². The lowest BCUT2D eigenvalue weighted by atomic mass is 10.3. The summed E-state index contributed by atoms with van der Waals surface area (Å²) in [5.41, 5.74) is 0.868. The van der Waals surface area contributed by atoms with Crippen LogP contribution in [0.5, 0.6) is 0 Å². The van der Waals surface area contributed by atoms with E-state index in [0.29, 0.717) is 0 Å². The summed E-state index contributed by atoms with van der Waals surface area (Å²) < 4.78 is 27.6. The molecule has 0 fully saturated rings. The van der Waals surface area contributed by atoms with Gasteiger partial charge in [-0.3, -0.25) is 14.5 Å². The number of anilines is 1. The number of H-pyrrole nitrogens is 1. The van der Waals surface area contributed by atoms with Crippen LogP contribution in [0.1, 0.15) is 12.6 Å². The molecule has 0 bridgehead atoms. The standard InChI is InChI=1S/C9H13N5O2S/c1-3-7-6-8(12-11-7)13-17(15,16)9-4-5-10-14(9)2/h4-6H,3H2,1-2H3,(H2,11,12,13). The predicted molar refractivity (Wildman–Crippen MR) is 62.0 cm³/mol. The van der Waals surface area contributed by atoms with Crippen molar-refractivity contribution in [1.29, 1.82) is 0 Å². The van der Waals surface area contributed by atoms with Gasteiger partial charge in [-0.15, -0.1) is 0 Å². The molecule has 92 valence electrons. The molecule has 0 spiro atoms. The van der Waals surface area contributed by atoms with Crippen LogP contribution in [0.2, 0.25) is 0 Å². The number of aromatic nitrogens is 4. The number of hydrogen-bond acceptors (Lipinski definition) is 4. The summed E-state index contributed by atoms with van der Waals surface area (Å²) in [6.07, 6.45) is 2.19. The maximum Gasteiger partial charge on any atom is 0.280 e. The molecule has 0 amide bonds. The Morgan fingerprint density at radius 2 is 2.29 bits per heavy atom. The Morgan fingerprint density at radius 3 is 2.82 bits per heavy atom. The van der Waals surface area contributed by atoms with E-state index < -0.39 is 10.0 Å². The van der Waals surface area contributed by atoms with Crippen LogP contribution < -0.4 is 4.72 Å². The molecule has 0 aliphatic rings. The van der Waals surface area contributed by atoms with Crippen molar-refractivity contribution < 1.29 is 8.42 Å². The van der Waals surface area contributed by atoms with Crippen molar-refractivity contribution in [2.45, 2.75) is 18.4 Å². The number of aromatic amines is 1. The summed E-state index contributed by atoms with van der Waals surface area (Å²) in [4.78, 5) is 0. The van der Waals surface area contributed by atoms with Crippen molar-refractivity contribution in [1.82, 2.24) is 20.0 Å². The molecule has 2 aromatic rings. The van der Waals surface area contributed by atoms with E-state index in [1.54, 1.807) is 13.1 Å². The summed E-state index contributed by atoms with van der Waals surface area (Å²) in [7, 11) is -2.06.